The Hall–Kier alpha value is -0.200. The average Bonchev–Trinajstić information content (AvgIpc) is 2.15. The minimum atomic E-state index is -0.928. The van der Waals surface area contributed by atoms with Crippen molar-refractivity contribution in [2.24, 2.45) is 0 Å². The van der Waals surface area contributed by atoms with E-state index in [0.717, 1.165) is 0 Å². The van der Waals surface area contributed by atoms with Gasteiger partial charge in [-0.25, -0.2) is 0 Å². The van der Waals surface area contributed by atoms with E-state index in [1.165, 1.54) is 0 Å². The first-order valence-electron chi connectivity index (χ1n) is 5.25. The van der Waals surface area contributed by atoms with Crippen LogP contribution in [0.3, 0.4) is 0 Å². The molecule has 2 N–H and O–H groups in total. The molecule has 1 heterocycles. The molecule has 5 nitrogen and oxygen atoms in total. The predicted octanol–water partition coefficient (Wildman–Crippen LogP) is -0.229. The standard InChI is InChI=1S/C10H21NO4/c1-10(2,3)15-9(13)11-4-5-14-8(6-11)7-12/h8-9,12-13H,4-7H2,1-3H3. The first-order valence-corrected chi connectivity index (χ1v) is 5.25. The van der Waals surface area contributed by atoms with E-state index in [1.54, 1.807) is 4.90 Å². The normalized spacial score (nSPS) is 26.6. The average molecular weight is 219 g/mol. The molecular weight excluding hydrogens is 198 g/mol. The van der Waals surface area contributed by atoms with Crippen molar-refractivity contribution in [1.29, 1.82) is 0 Å². The van der Waals surface area contributed by atoms with Crippen molar-refractivity contribution < 1.29 is 19.7 Å². The molecule has 0 amide bonds. The van der Waals surface area contributed by atoms with Gasteiger partial charge in [0.2, 0.25) is 6.41 Å². The molecular formula is C10H21NO4. The molecule has 0 radical (unpaired) electrons. The van der Waals surface area contributed by atoms with Gasteiger partial charge in [0.05, 0.1) is 24.9 Å². The summed E-state index contributed by atoms with van der Waals surface area (Å²) in [5, 5.41) is 18.7. The summed E-state index contributed by atoms with van der Waals surface area (Å²) >= 11 is 0. The number of hydrogen-bond donors (Lipinski definition) is 2. The lowest BCUT2D eigenvalue weighted by Gasteiger charge is -2.37. The second-order valence-corrected chi connectivity index (χ2v) is 4.73. The van der Waals surface area contributed by atoms with Crippen LogP contribution in [-0.2, 0) is 9.47 Å². The Bertz CT molecular complexity index is 192. The van der Waals surface area contributed by atoms with Gasteiger partial charge in [-0.05, 0) is 20.8 Å². The first kappa shape index (κ1) is 12.9. The SMILES string of the molecule is CC(C)(C)OC(O)N1CCOC(CO)C1. The fourth-order valence-corrected chi connectivity index (χ4v) is 1.44. The zero-order chi connectivity index (χ0) is 11.5. The number of hydrogen-bond acceptors (Lipinski definition) is 5. The van der Waals surface area contributed by atoms with Crippen LogP contribution in [0.4, 0.5) is 0 Å². The summed E-state index contributed by atoms with van der Waals surface area (Å²) in [4.78, 5) is 1.76. The van der Waals surface area contributed by atoms with Crippen LogP contribution in [0.25, 0.3) is 0 Å². The van der Waals surface area contributed by atoms with E-state index >= 15 is 0 Å². The molecule has 1 rings (SSSR count). The van der Waals surface area contributed by atoms with Gasteiger partial charge in [-0.1, -0.05) is 0 Å². The van der Waals surface area contributed by atoms with E-state index in [1.807, 2.05) is 20.8 Å². The van der Waals surface area contributed by atoms with Gasteiger partial charge in [-0.3, -0.25) is 4.90 Å². The smallest absolute Gasteiger partial charge is 0.216 e. The van der Waals surface area contributed by atoms with Crippen molar-refractivity contribution in [2.75, 3.05) is 26.3 Å². The van der Waals surface area contributed by atoms with Gasteiger partial charge in [-0.15, -0.1) is 0 Å². The Morgan fingerprint density at radius 1 is 1.53 bits per heavy atom. The zero-order valence-electron chi connectivity index (χ0n) is 9.64. The van der Waals surface area contributed by atoms with Crippen LogP contribution in [0, 0.1) is 0 Å². The van der Waals surface area contributed by atoms with Gasteiger partial charge < -0.3 is 19.7 Å². The lowest BCUT2D eigenvalue weighted by Crippen LogP contribution is -2.51. The maximum absolute atomic E-state index is 9.79. The van der Waals surface area contributed by atoms with Gasteiger partial charge in [0.15, 0.2) is 0 Å². The lowest BCUT2D eigenvalue weighted by atomic mass is 10.2. The fraction of sp³-hybridized carbons (Fsp3) is 1.00. The van der Waals surface area contributed by atoms with E-state index in [0.29, 0.717) is 19.7 Å². The molecule has 0 saturated carbocycles. The monoisotopic (exact) mass is 219 g/mol. The largest absolute Gasteiger partial charge is 0.394 e. The van der Waals surface area contributed by atoms with Crippen LogP contribution in [0.1, 0.15) is 20.8 Å². The van der Waals surface area contributed by atoms with Crippen LogP contribution in [0.15, 0.2) is 0 Å². The summed E-state index contributed by atoms with van der Waals surface area (Å²) in [6.45, 7) is 7.26. The highest BCUT2D eigenvalue weighted by Gasteiger charge is 2.27. The molecule has 90 valence electrons. The van der Waals surface area contributed by atoms with Gasteiger partial charge in [0, 0.05) is 13.1 Å². The summed E-state index contributed by atoms with van der Waals surface area (Å²) in [7, 11) is 0. The first-order chi connectivity index (χ1) is 6.92. The Morgan fingerprint density at radius 3 is 2.73 bits per heavy atom. The fourth-order valence-electron chi connectivity index (χ4n) is 1.44. The lowest BCUT2D eigenvalue weighted by molar-refractivity contribution is -0.256. The molecule has 2 unspecified atom stereocenters. The molecule has 0 aromatic carbocycles. The summed E-state index contributed by atoms with van der Waals surface area (Å²) in [6, 6.07) is 0. The molecule has 2 atom stereocenters. The van der Waals surface area contributed by atoms with E-state index in [-0.39, 0.29) is 18.3 Å². The summed E-state index contributed by atoms with van der Waals surface area (Å²) < 4.78 is 10.7. The molecule has 1 fully saturated rings. The predicted molar refractivity (Wildman–Crippen MR) is 55.2 cm³/mol. The maximum Gasteiger partial charge on any atom is 0.216 e. The van der Waals surface area contributed by atoms with E-state index < -0.39 is 6.41 Å². The summed E-state index contributed by atoms with van der Waals surface area (Å²) in [5.41, 5.74) is -0.383. The van der Waals surface area contributed by atoms with Crippen LogP contribution >= 0.6 is 0 Å². The van der Waals surface area contributed by atoms with E-state index in [9.17, 15) is 5.11 Å². The maximum atomic E-state index is 9.79. The topological polar surface area (TPSA) is 62.2 Å². The van der Waals surface area contributed by atoms with Crippen LogP contribution in [0.2, 0.25) is 0 Å². The molecule has 0 aromatic heterocycles. The molecule has 1 aliphatic rings. The van der Waals surface area contributed by atoms with Crippen molar-refractivity contribution in [2.45, 2.75) is 38.9 Å². The van der Waals surface area contributed by atoms with Crippen LogP contribution in [0.5, 0.6) is 0 Å². The molecule has 5 heteroatoms. The minimum absolute atomic E-state index is 0.0290. The van der Waals surface area contributed by atoms with Gasteiger partial charge in [0.25, 0.3) is 0 Å². The number of nitrogens with zero attached hydrogens (tertiary/aromatic N) is 1. The number of aliphatic hydroxyl groups is 2. The Morgan fingerprint density at radius 2 is 2.20 bits per heavy atom. The van der Waals surface area contributed by atoms with Crippen LogP contribution in [-0.4, -0.2) is 59.5 Å². The Labute approximate surface area is 90.6 Å². The molecule has 0 aliphatic carbocycles. The summed E-state index contributed by atoms with van der Waals surface area (Å²) in [5.74, 6) is 0. The molecule has 1 aliphatic heterocycles. The second-order valence-electron chi connectivity index (χ2n) is 4.73. The van der Waals surface area contributed by atoms with Crippen molar-refractivity contribution >= 4 is 0 Å². The number of aliphatic hydroxyl groups excluding tert-OH is 2. The molecule has 15 heavy (non-hydrogen) atoms. The third kappa shape index (κ3) is 4.44. The summed E-state index contributed by atoms with van der Waals surface area (Å²) in [6.07, 6.45) is -1.15. The van der Waals surface area contributed by atoms with Crippen molar-refractivity contribution in [3.05, 3.63) is 0 Å². The molecule has 0 aromatic rings. The number of morpholine rings is 1. The second kappa shape index (κ2) is 5.23. The van der Waals surface area contributed by atoms with Crippen molar-refractivity contribution in [3.63, 3.8) is 0 Å². The minimum Gasteiger partial charge on any atom is -0.394 e. The zero-order valence-corrected chi connectivity index (χ0v) is 9.64. The van der Waals surface area contributed by atoms with Crippen LogP contribution < -0.4 is 0 Å². The number of ether oxygens (including phenoxy) is 2. The van der Waals surface area contributed by atoms with Crippen molar-refractivity contribution in [1.82, 2.24) is 4.90 Å². The highest BCUT2D eigenvalue weighted by Crippen LogP contribution is 2.14. The van der Waals surface area contributed by atoms with E-state index in [2.05, 4.69) is 0 Å². The third-order valence-corrected chi connectivity index (χ3v) is 2.15. The van der Waals surface area contributed by atoms with Crippen molar-refractivity contribution in [3.8, 4) is 0 Å². The quantitative estimate of drug-likeness (QED) is 0.642. The van der Waals surface area contributed by atoms with Gasteiger partial charge >= 0.3 is 0 Å². The highest BCUT2D eigenvalue weighted by molar-refractivity contribution is 4.71. The Kier molecular flexibility index (Phi) is 4.48. The van der Waals surface area contributed by atoms with Gasteiger partial charge in [-0.2, -0.15) is 0 Å². The Balaban J connectivity index is 2.41. The third-order valence-electron chi connectivity index (χ3n) is 2.15. The molecule has 1 saturated heterocycles. The molecule has 0 bridgehead atoms. The van der Waals surface area contributed by atoms with E-state index in [4.69, 9.17) is 14.6 Å². The van der Waals surface area contributed by atoms with Gasteiger partial charge in [0.1, 0.15) is 0 Å². The number of rotatable bonds is 3. The molecule has 0 spiro atoms. The highest BCUT2D eigenvalue weighted by atomic mass is 16.6.